The Morgan fingerprint density at radius 3 is 2.71 bits per heavy atom. The van der Waals surface area contributed by atoms with E-state index in [2.05, 4.69) is 37.8 Å². The number of likely N-dealkylation sites (N-methyl/N-ethyl adjacent to an activating group) is 1. The second-order valence-electron chi connectivity index (χ2n) is 3.53. The van der Waals surface area contributed by atoms with Crippen molar-refractivity contribution < 1.29 is 0 Å². The van der Waals surface area contributed by atoms with Gasteiger partial charge < -0.3 is 9.80 Å². The molecule has 0 spiro atoms. The Bertz CT molecular complexity index is 294. The van der Waals surface area contributed by atoms with Gasteiger partial charge in [0.1, 0.15) is 0 Å². The van der Waals surface area contributed by atoms with E-state index in [1.165, 1.54) is 10.0 Å². The number of anilines is 1. The van der Waals surface area contributed by atoms with Crippen LogP contribution in [0.4, 0.5) is 5.13 Å². The highest BCUT2D eigenvalue weighted by Crippen LogP contribution is 2.24. The fraction of sp³-hybridized carbons (Fsp3) is 0.667. The van der Waals surface area contributed by atoms with E-state index < -0.39 is 0 Å². The monoisotopic (exact) mass is 275 g/mol. The zero-order valence-electron chi connectivity index (χ0n) is 8.24. The van der Waals surface area contributed by atoms with Crippen LogP contribution in [0.15, 0.2) is 6.20 Å². The van der Waals surface area contributed by atoms with Gasteiger partial charge in [0.05, 0.1) is 0 Å². The second-order valence-corrected chi connectivity index (χ2v) is 5.19. The van der Waals surface area contributed by atoms with E-state index in [-0.39, 0.29) is 0 Å². The Hall–Kier alpha value is -0.130. The molecule has 0 N–H and O–H groups in total. The van der Waals surface area contributed by atoms with Crippen LogP contribution in [0.2, 0.25) is 0 Å². The van der Waals surface area contributed by atoms with E-state index in [0.717, 1.165) is 31.5 Å². The van der Waals surface area contributed by atoms with Crippen LogP contribution in [0.1, 0.15) is 4.88 Å². The molecule has 0 atom stereocenters. The smallest absolute Gasteiger partial charge is 0.185 e. The molecule has 14 heavy (non-hydrogen) atoms. The number of thiazole rings is 1. The average molecular weight is 276 g/mol. The van der Waals surface area contributed by atoms with Gasteiger partial charge in [-0.1, -0.05) is 15.9 Å². The largest absolute Gasteiger partial charge is 0.346 e. The first-order valence-electron chi connectivity index (χ1n) is 4.74. The van der Waals surface area contributed by atoms with Gasteiger partial charge in [0.2, 0.25) is 0 Å². The Kier molecular flexibility index (Phi) is 3.41. The molecular formula is C9H14BrN3S. The van der Waals surface area contributed by atoms with Gasteiger partial charge in [-0.2, -0.15) is 0 Å². The zero-order valence-corrected chi connectivity index (χ0v) is 10.6. The molecule has 1 aromatic rings. The van der Waals surface area contributed by atoms with Crippen molar-refractivity contribution in [3.05, 3.63) is 11.1 Å². The van der Waals surface area contributed by atoms with Crippen LogP contribution in [0.25, 0.3) is 0 Å². The molecule has 0 aliphatic carbocycles. The van der Waals surface area contributed by atoms with Gasteiger partial charge >= 0.3 is 0 Å². The Morgan fingerprint density at radius 1 is 1.43 bits per heavy atom. The number of piperazine rings is 1. The molecule has 2 rings (SSSR count). The molecule has 0 saturated carbocycles. The summed E-state index contributed by atoms with van der Waals surface area (Å²) in [6, 6.07) is 0. The molecule has 0 unspecified atom stereocenters. The maximum absolute atomic E-state index is 4.43. The first kappa shape index (κ1) is 10.4. The molecule has 0 aromatic carbocycles. The molecule has 1 aliphatic heterocycles. The van der Waals surface area contributed by atoms with Crippen LogP contribution < -0.4 is 4.90 Å². The highest BCUT2D eigenvalue weighted by atomic mass is 79.9. The predicted molar refractivity (Wildman–Crippen MR) is 64.5 cm³/mol. The van der Waals surface area contributed by atoms with Crippen LogP contribution in [0, 0.1) is 0 Å². The number of nitrogens with zero attached hydrogens (tertiary/aromatic N) is 3. The third kappa shape index (κ3) is 2.27. The summed E-state index contributed by atoms with van der Waals surface area (Å²) < 4.78 is 0. The maximum Gasteiger partial charge on any atom is 0.185 e. The molecule has 1 fully saturated rings. The lowest BCUT2D eigenvalue weighted by Crippen LogP contribution is -2.44. The molecular weight excluding hydrogens is 262 g/mol. The summed E-state index contributed by atoms with van der Waals surface area (Å²) in [5, 5.41) is 2.09. The average Bonchev–Trinajstić information content (AvgIpc) is 2.67. The fourth-order valence-corrected chi connectivity index (χ4v) is 2.80. The number of aromatic nitrogens is 1. The summed E-state index contributed by atoms with van der Waals surface area (Å²) >= 11 is 5.24. The Labute approximate surface area is 96.9 Å². The minimum absolute atomic E-state index is 0.915. The second kappa shape index (κ2) is 4.59. The molecule has 5 heteroatoms. The minimum atomic E-state index is 0.915. The number of hydrogen-bond acceptors (Lipinski definition) is 4. The summed E-state index contributed by atoms with van der Waals surface area (Å²) in [6.07, 6.45) is 1.97. The highest BCUT2D eigenvalue weighted by molar-refractivity contribution is 9.08. The number of rotatable bonds is 2. The third-order valence-electron chi connectivity index (χ3n) is 2.45. The number of halogens is 1. The van der Waals surface area contributed by atoms with E-state index in [0.29, 0.717) is 0 Å². The quantitative estimate of drug-likeness (QED) is 0.768. The highest BCUT2D eigenvalue weighted by Gasteiger charge is 2.16. The van der Waals surface area contributed by atoms with Crippen LogP contribution >= 0.6 is 27.3 Å². The van der Waals surface area contributed by atoms with E-state index in [4.69, 9.17) is 0 Å². The van der Waals surface area contributed by atoms with Crippen LogP contribution in [-0.2, 0) is 5.33 Å². The van der Waals surface area contributed by atoms with Crippen molar-refractivity contribution in [2.45, 2.75) is 5.33 Å². The first-order chi connectivity index (χ1) is 6.79. The van der Waals surface area contributed by atoms with Gasteiger partial charge in [0.15, 0.2) is 5.13 Å². The molecule has 1 aliphatic rings. The van der Waals surface area contributed by atoms with E-state index in [1.807, 2.05) is 6.20 Å². The summed E-state index contributed by atoms with van der Waals surface area (Å²) in [4.78, 5) is 10.5. The lowest BCUT2D eigenvalue weighted by atomic mass is 10.3. The molecule has 0 radical (unpaired) electrons. The minimum Gasteiger partial charge on any atom is -0.346 e. The van der Waals surface area contributed by atoms with E-state index in [1.54, 1.807) is 11.3 Å². The predicted octanol–water partition coefficient (Wildman–Crippen LogP) is 1.79. The van der Waals surface area contributed by atoms with Gasteiger partial charge in [0, 0.05) is 42.6 Å². The van der Waals surface area contributed by atoms with E-state index >= 15 is 0 Å². The summed E-state index contributed by atoms with van der Waals surface area (Å²) in [5.41, 5.74) is 0. The van der Waals surface area contributed by atoms with Gasteiger partial charge in [-0.15, -0.1) is 11.3 Å². The maximum atomic E-state index is 4.43. The van der Waals surface area contributed by atoms with Gasteiger partial charge in [-0.25, -0.2) is 4.98 Å². The van der Waals surface area contributed by atoms with Crippen molar-refractivity contribution in [1.82, 2.24) is 9.88 Å². The molecule has 3 nitrogen and oxygen atoms in total. The van der Waals surface area contributed by atoms with Crippen molar-refractivity contribution in [3.8, 4) is 0 Å². The van der Waals surface area contributed by atoms with Crippen molar-refractivity contribution in [2.24, 2.45) is 0 Å². The van der Waals surface area contributed by atoms with Crippen molar-refractivity contribution in [2.75, 3.05) is 38.1 Å². The van der Waals surface area contributed by atoms with Crippen molar-refractivity contribution in [3.63, 3.8) is 0 Å². The van der Waals surface area contributed by atoms with Crippen LogP contribution in [0.5, 0.6) is 0 Å². The van der Waals surface area contributed by atoms with Gasteiger partial charge in [0.25, 0.3) is 0 Å². The van der Waals surface area contributed by atoms with Crippen molar-refractivity contribution in [1.29, 1.82) is 0 Å². The molecule has 78 valence electrons. The molecule has 1 saturated heterocycles. The Morgan fingerprint density at radius 2 is 2.14 bits per heavy atom. The van der Waals surface area contributed by atoms with E-state index in [9.17, 15) is 0 Å². The molecule has 2 heterocycles. The molecule has 0 bridgehead atoms. The normalized spacial score (nSPS) is 18.9. The first-order valence-corrected chi connectivity index (χ1v) is 6.67. The van der Waals surface area contributed by atoms with Crippen molar-refractivity contribution >= 4 is 32.4 Å². The summed E-state index contributed by atoms with van der Waals surface area (Å²) in [5.74, 6) is 0. The fourth-order valence-electron chi connectivity index (χ4n) is 1.50. The van der Waals surface area contributed by atoms with Crippen LogP contribution in [0.3, 0.4) is 0 Å². The molecule has 0 amide bonds. The van der Waals surface area contributed by atoms with Crippen LogP contribution in [-0.4, -0.2) is 43.1 Å². The standard InChI is InChI=1S/C9H14BrN3S/c1-12-2-4-13(5-3-12)9-11-7-8(6-10)14-9/h7H,2-6H2,1H3. The number of alkyl halides is 1. The topological polar surface area (TPSA) is 19.4 Å². The lowest BCUT2D eigenvalue weighted by molar-refractivity contribution is 0.313. The Balaban J connectivity index is 2.01. The number of hydrogen-bond donors (Lipinski definition) is 0. The lowest BCUT2D eigenvalue weighted by Gasteiger charge is -2.32. The van der Waals surface area contributed by atoms with Gasteiger partial charge in [-0.05, 0) is 7.05 Å². The molecule has 1 aromatic heterocycles. The summed E-state index contributed by atoms with van der Waals surface area (Å²) in [7, 11) is 2.17. The van der Waals surface area contributed by atoms with Gasteiger partial charge in [-0.3, -0.25) is 0 Å². The zero-order chi connectivity index (χ0) is 9.97. The third-order valence-corrected chi connectivity index (χ3v) is 4.48. The SMILES string of the molecule is CN1CCN(c2ncc(CBr)s2)CC1. The summed E-state index contributed by atoms with van der Waals surface area (Å²) in [6.45, 7) is 4.49.